The maximum Gasteiger partial charge on any atom is 0.133 e. The first-order valence-corrected chi connectivity index (χ1v) is 7.86. The van der Waals surface area contributed by atoms with E-state index in [0.717, 1.165) is 45.8 Å². The summed E-state index contributed by atoms with van der Waals surface area (Å²) in [7, 11) is 1.67. The first-order chi connectivity index (χ1) is 10.1. The number of aromatic nitrogens is 2. The number of aryl methyl sites for hydroxylation is 1. The van der Waals surface area contributed by atoms with Gasteiger partial charge in [0, 0.05) is 17.0 Å². The lowest BCUT2D eigenvalue weighted by molar-refractivity contribution is 0.414. The molecule has 0 radical (unpaired) electrons. The van der Waals surface area contributed by atoms with Crippen LogP contribution in [0.15, 0.2) is 34.2 Å². The Morgan fingerprint density at radius 3 is 2.48 bits per heavy atom. The molecule has 2 aromatic rings. The van der Waals surface area contributed by atoms with E-state index in [1.54, 1.807) is 18.9 Å². The second kappa shape index (κ2) is 7.31. The zero-order valence-electron chi connectivity index (χ0n) is 12.9. The molecule has 1 N–H and O–H groups in total. The van der Waals surface area contributed by atoms with Crippen molar-refractivity contribution in [2.24, 2.45) is 0 Å². The topological polar surface area (TPSA) is 47.0 Å². The molecule has 0 bridgehead atoms. The molecule has 1 aromatic heterocycles. The zero-order valence-corrected chi connectivity index (χ0v) is 13.8. The number of methoxy groups -OCH3 is 1. The highest BCUT2D eigenvalue weighted by molar-refractivity contribution is 7.99. The largest absolute Gasteiger partial charge is 0.497 e. The van der Waals surface area contributed by atoms with Gasteiger partial charge in [0.15, 0.2) is 0 Å². The van der Waals surface area contributed by atoms with Crippen LogP contribution in [0.5, 0.6) is 5.75 Å². The van der Waals surface area contributed by atoms with Gasteiger partial charge < -0.3 is 10.1 Å². The number of anilines is 1. The fourth-order valence-corrected chi connectivity index (χ4v) is 2.80. The third-order valence-corrected chi connectivity index (χ3v) is 4.13. The van der Waals surface area contributed by atoms with Crippen molar-refractivity contribution in [3.63, 3.8) is 0 Å². The van der Waals surface area contributed by atoms with Crippen LogP contribution in [0.3, 0.4) is 0 Å². The quantitative estimate of drug-likeness (QED) is 0.815. The van der Waals surface area contributed by atoms with E-state index < -0.39 is 0 Å². The Kier molecular flexibility index (Phi) is 5.44. The van der Waals surface area contributed by atoms with Crippen molar-refractivity contribution in [3.05, 3.63) is 35.7 Å². The molecule has 1 aromatic carbocycles. The van der Waals surface area contributed by atoms with Gasteiger partial charge in [-0.05, 0) is 44.5 Å². The summed E-state index contributed by atoms with van der Waals surface area (Å²) in [6.07, 6.45) is 1.07. The fraction of sp³-hybridized carbons (Fsp3) is 0.375. The molecule has 0 aliphatic heterocycles. The molecule has 0 amide bonds. The maximum atomic E-state index is 5.18. The number of ether oxygens (including phenoxy) is 1. The normalized spacial score (nSPS) is 10.5. The SMILES string of the molecule is CCCNc1nc(C)nc(Sc2ccc(OC)cc2)c1C. The van der Waals surface area contributed by atoms with Gasteiger partial charge in [-0.15, -0.1) is 0 Å². The van der Waals surface area contributed by atoms with Crippen molar-refractivity contribution >= 4 is 17.6 Å². The van der Waals surface area contributed by atoms with Crippen molar-refractivity contribution in [3.8, 4) is 5.75 Å². The van der Waals surface area contributed by atoms with Crippen LogP contribution < -0.4 is 10.1 Å². The molecular weight excluding hydrogens is 282 g/mol. The van der Waals surface area contributed by atoms with E-state index in [1.807, 2.05) is 31.2 Å². The van der Waals surface area contributed by atoms with Crippen LogP contribution in [0.2, 0.25) is 0 Å². The van der Waals surface area contributed by atoms with Gasteiger partial charge >= 0.3 is 0 Å². The molecule has 21 heavy (non-hydrogen) atoms. The zero-order chi connectivity index (χ0) is 15.2. The average Bonchev–Trinajstić information content (AvgIpc) is 2.50. The highest BCUT2D eigenvalue weighted by Crippen LogP contribution is 2.32. The monoisotopic (exact) mass is 303 g/mol. The summed E-state index contributed by atoms with van der Waals surface area (Å²) >= 11 is 1.65. The average molecular weight is 303 g/mol. The third-order valence-electron chi connectivity index (χ3n) is 3.03. The summed E-state index contributed by atoms with van der Waals surface area (Å²) < 4.78 is 5.18. The van der Waals surface area contributed by atoms with Crippen molar-refractivity contribution in [2.75, 3.05) is 19.0 Å². The summed E-state index contributed by atoms with van der Waals surface area (Å²) in [5.74, 6) is 2.58. The van der Waals surface area contributed by atoms with E-state index in [9.17, 15) is 0 Å². The first-order valence-electron chi connectivity index (χ1n) is 7.05. The Labute approximate surface area is 130 Å². The molecule has 1 heterocycles. The summed E-state index contributed by atoms with van der Waals surface area (Å²) in [5, 5.41) is 4.36. The standard InChI is InChI=1S/C16H21N3OS/c1-5-10-17-15-11(2)16(19-12(3)18-15)21-14-8-6-13(20-4)7-9-14/h6-9H,5,10H2,1-4H3,(H,17,18,19). The minimum atomic E-state index is 0.787. The summed E-state index contributed by atoms with van der Waals surface area (Å²) in [6.45, 7) is 7.05. The molecular formula is C16H21N3OS. The molecule has 0 atom stereocenters. The van der Waals surface area contributed by atoms with Gasteiger partial charge in [-0.25, -0.2) is 9.97 Å². The lowest BCUT2D eigenvalue weighted by atomic mass is 10.3. The number of rotatable bonds is 6. The highest BCUT2D eigenvalue weighted by Gasteiger charge is 2.10. The summed E-state index contributed by atoms with van der Waals surface area (Å²) in [6, 6.07) is 8.00. The lowest BCUT2D eigenvalue weighted by Gasteiger charge is -2.12. The van der Waals surface area contributed by atoms with E-state index in [2.05, 4.69) is 29.1 Å². The number of hydrogen-bond acceptors (Lipinski definition) is 5. The van der Waals surface area contributed by atoms with E-state index in [-0.39, 0.29) is 0 Å². The van der Waals surface area contributed by atoms with E-state index in [1.165, 1.54) is 0 Å². The smallest absolute Gasteiger partial charge is 0.133 e. The van der Waals surface area contributed by atoms with Gasteiger partial charge in [0.1, 0.15) is 22.4 Å². The van der Waals surface area contributed by atoms with Gasteiger partial charge in [-0.2, -0.15) is 0 Å². The molecule has 2 rings (SSSR count). The van der Waals surface area contributed by atoms with Crippen LogP contribution in [-0.2, 0) is 0 Å². The van der Waals surface area contributed by atoms with Crippen molar-refractivity contribution in [1.82, 2.24) is 9.97 Å². The van der Waals surface area contributed by atoms with Gasteiger partial charge in [0.25, 0.3) is 0 Å². The molecule has 0 saturated carbocycles. The second-order valence-corrected chi connectivity index (χ2v) is 5.82. The molecule has 0 unspecified atom stereocenters. The highest BCUT2D eigenvalue weighted by atomic mass is 32.2. The van der Waals surface area contributed by atoms with Crippen LogP contribution in [0.1, 0.15) is 24.7 Å². The van der Waals surface area contributed by atoms with Crippen LogP contribution >= 0.6 is 11.8 Å². The maximum absolute atomic E-state index is 5.18. The Morgan fingerprint density at radius 2 is 1.86 bits per heavy atom. The Bertz CT molecular complexity index is 599. The minimum Gasteiger partial charge on any atom is -0.497 e. The van der Waals surface area contributed by atoms with Crippen molar-refractivity contribution < 1.29 is 4.74 Å². The Hall–Kier alpha value is -1.75. The minimum absolute atomic E-state index is 0.787. The van der Waals surface area contributed by atoms with E-state index >= 15 is 0 Å². The van der Waals surface area contributed by atoms with Gasteiger partial charge in [-0.1, -0.05) is 18.7 Å². The van der Waals surface area contributed by atoms with Gasteiger partial charge in [-0.3, -0.25) is 0 Å². The van der Waals surface area contributed by atoms with Crippen LogP contribution in [0.25, 0.3) is 0 Å². The first kappa shape index (κ1) is 15.6. The van der Waals surface area contributed by atoms with Crippen LogP contribution in [-0.4, -0.2) is 23.6 Å². The molecule has 0 fully saturated rings. The van der Waals surface area contributed by atoms with Crippen molar-refractivity contribution in [2.45, 2.75) is 37.1 Å². The molecule has 5 heteroatoms. The second-order valence-electron chi connectivity index (χ2n) is 4.75. The summed E-state index contributed by atoms with van der Waals surface area (Å²) in [4.78, 5) is 10.2. The molecule has 0 aliphatic rings. The molecule has 112 valence electrons. The third kappa shape index (κ3) is 4.11. The fourth-order valence-electron chi connectivity index (χ4n) is 1.87. The molecule has 0 spiro atoms. The predicted octanol–water partition coefficient (Wildman–Crippen LogP) is 4.08. The number of nitrogens with zero attached hydrogens (tertiary/aromatic N) is 2. The number of benzene rings is 1. The Balaban J connectivity index is 2.23. The van der Waals surface area contributed by atoms with E-state index in [0.29, 0.717) is 0 Å². The Morgan fingerprint density at radius 1 is 1.14 bits per heavy atom. The van der Waals surface area contributed by atoms with Crippen LogP contribution in [0, 0.1) is 13.8 Å². The molecule has 4 nitrogen and oxygen atoms in total. The lowest BCUT2D eigenvalue weighted by Crippen LogP contribution is -2.07. The molecule has 0 saturated heterocycles. The predicted molar refractivity (Wildman–Crippen MR) is 87.4 cm³/mol. The van der Waals surface area contributed by atoms with E-state index in [4.69, 9.17) is 4.74 Å². The van der Waals surface area contributed by atoms with Crippen LogP contribution in [0.4, 0.5) is 5.82 Å². The van der Waals surface area contributed by atoms with Crippen molar-refractivity contribution in [1.29, 1.82) is 0 Å². The number of hydrogen-bond donors (Lipinski definition) is 1. The van der Waals surface area contributed by atoms with Gasteiger partial charge in [0.2, 0.25) is 0 Å². The molecule has 0 aliphatic carbocycles. The van der Waals surface area contributed by atoms with Gasteiger partial charge in [0.05, 0.1) is 7.11 Å². The number of nitrogens with one attached hydrogen (secondary N) is 1. The summed E-state index contributed by atoms with van der Waals surface area (Å²) in [5.41, 5.74) is 1.09.